The molecule has 0 amide bonds. The van der Waals surface area contributed by atoms with Crippen molar-refractivity contribution in [2.24, 2.45) is 0 Å². The fourth-order valence-electron chi connectivity index (χ4n) is 3.50. The molecule has 3 heterocycles. The minimum absolute atomic E-state index is 0.120. The Balaban J connectivity index is 1.68. The van der Waals surface area contributed by atoms with Gasteiger partial charge in [0, 0.05) is 31.8 Å². The van der Waals surface area contributed by atoms with E-state index in [0.29, 0.717) is 5.75 Å². The minimum atomic E-state index is 0.120. The van der Waals surface area contributed by atoms with Crippen molar-refractivity contribution in [2.75, 3.05) is 32.1 Å². The predicted molar refractivity (Wildman–Crippen MR) is 95.1 cm³/mol. The largest absolute Gasteiger partial charge is 0.504 e. The molecule has 0 unspecified atom stereocenters. The molecular formula is C18H24N4O3. The van der Waals surface area contributed by atoms with Gasteiger partial charge in [0.2, 0.25) is 0 Å². The van der Waals surface area contributed by atoms with Crippen LogP contribution < -0.4 is 15.4 Å². The van der Waals surface area contributed by atoms with Gasteiger partial charge in [-0.15, -0.1) is 0 Å². The molecular weight excluding hydrogens is 320 g/mol. The van der Waals surface area contributed by atoms with Crippen molar-refractivity contribution in [1.29, 1.82) is 0 Å². The first-order valence-corrected chi connectivity index (χ1v) is 8.79. The van der Waals surface area contributed by atoms with Gasteiger partial charge in [-0.1, -0.05) is 0 Å². The van der Waals surface area contributed by atoms with Crippen LogP contribution in [0.3, 0.4) is 0 Å². The van der Waals surface area contributed by atoms with Crippen molar-refractivity contribution in [1.82, 2.24) is 14.9 Å². The fourth-order valence-corrected chi connectivity index (χ4v) is 3.50. The van der Waals surface area contributed by atoms with Gasteiger partial charge in [-0.05, 0) is 31.0 Å². The molecule has 7 heteroatoms. The highest BCUT2D eigenvalue weighted by Crippen LogP contribution is 2.35. The molecule has 0 radical (unpaired) electrons. The van der Waals surface area contributed by atoms with Gasteiger partial charge in [-0.2, -0.15) is 0 Å². The second-order valence-electron chi connectivity index (χ2n) is 6.46. The Labute approximate surface area is 147 Å². The van der Waals surface area contributed by atoms with Crippen molar-refractivity contribution in [3.8, 4) is 22.8 Å². The van der Waals surface area contributed by atoms with Crippen LogP contribution in [0.2, 0.25) is 0 Å². The number of nitrogens with one attached hydrogen (secondary N) is 2. The summed E-state index contributed by atoms with van der Waals surface area (Å²) in [6.07, 6.45) is 2.47. The highest BCUT2D eigenvalue weighted by atomic mass is 16.5. The SMILES string of the molecule is COc1ccc(-c2nc3n(c2NC[C@H]2CCCO2)CCNC3)cc1O. The number of benzene rings is 1. The van der Waals surface area contributed by atoms with E-state index in [0.717, 1.165) is 68.5 Å². The number of imidazole rings is 1. The summed E-state index contributed by atoms with van der Waals surface area (Å²) in [6, 6.07) is 5.40. The second kappa shape index (κ2) is 6.93. The van der Waals surface area contributed by atoms with Gasteiger partial charge in [0.1, 0.15) is 17.3 Å². The zero-order valence-corrected chi connectivity index (χ0v) is 14.4. The third-order valence-corrected chi connectivity index (χ3v) is 4.82. The van der Waals surface area contributed by atoms with Gasteiger partial charge < -0.3 is 29.8 Å². The third kappa shape index (κ3) is 3.17. The Bertz CT molecular complexity index is 753. The molecule has 2 aromatic rings. The van der Waals surface area contributed by atoms with Crippen molar-refractivity contribution in [3.05, 3.63) is 24.0 Å². The molecule has 1 fully saturated rings. The third-order valence-electron chi connectivity index (χ3n) is 4.82. The number of aromatic nitrogens is 2. The van der Waals surface area contributed by atoms with Crippen LogP contribution >= 0.6 is 0 Å². The van der Waals surface area contributed by atoms with Gasteiger partial charge >= 0.3 is 0 Å². The Hall–Kier alpha value is -2.25. The predicted octanol–water partition coefficient (Wildman–Crippen LogP) is 1.96. The second-order valence-corrected chi connectivity index (χ2v) is 6.46. The van der Waals surface area contributed by atoms with E-state index in [2.05, 4.69) is 15.2 Å². The normalized spacial score (nSPS) is 19.6. The molecule has 0 bridgehead atoms. The maximum atomic E-state index is 10.1. The van der Waals surface area contributed by atoms with E-state index in [1.807, 2.05) is 6.07 Å². The van der Waals surface area contributed by atoms with Crippen molar-refractivity contribution in [2.45, 2.75) is 32.0 Å². The van der Waals surface area contributed by atoms with E-state index < -0.39 is 0 Å². The zero-order valence-electron chi connectivity index (χ0n) is 14.4. The molecule has 0 saturated carbocycles. The van der Waals surface area contributed by atoms with Crippen LogP contribution in [-0.2, 0) is 17.8 Å². The summed E-state index contributed by atoms with van der Waals surface area (Å²) in [7, 11) is 1.55. The van der Waals surface area contributed by atoms with E-state index in [-0.39, 0.29) is 11.9 Å². The maximum Gasteiger partial charge on any atom is 0.160 e. The molecule has 134 valence electrons. The number of aromatic hydroxyl groups is 1. The molecule has 0 spiro atoms. The molecule has 2 aliphatic heterocycles. The maximum absolute atomic E-state index is 10.1. The highest BCUT2D eigenvalue weighted by Gasteiger charge is 2.23. The molecule has 1 saturated heterocycles. The molecule has 0 aliphatic carbocycles. The summed E-state index contributed by atoms with van der Waals surface area (Å²) in [5, 5.41) is 17.0. The van der Waals surface area contributed by atoms with E-state index in [4.69, 9.17) is 14.5 Å². The van der Waals surface area contributed by atoms with Crippen molar-refractivity contribution >= 4 is 5.82 Å². The van der Waals surface area contributed by atoms with Crippen LogP contribution in [-0.4, -0.2) is 47.6 Å². The number of methoxy groups -OCH3 is 1. The number of phenolic OH excluding ortho intramolecular Hbond substituents is 1. The molecule has 3 N–H and O–H groups in total. The fraction of sp³-hybridized carbons (Fsp3) is 0.500. The summed E-state index contributed by atoms with van der Waals surface area (Å²) in [4.78, 5) is 4.81. The van der Waals surface area contributed by atoms with Gasteiger partial charge in [-0.3, -0.25) is 0 Å². The summed E-state index contributed by atoms with van der Waals surface area (Å²) >= 11 is 0. The average Bonchev–Trinajstić information content (AvgIpc) is 3.27. The molecule has 7 nitrogen and oxygen atoms in total. The summed E-state index contributed by atoms with van der Waals surface area (Å²) in [5.41, 5.74) is 1.73. The number of phenols is 1. The first kappa shape index (κ1) is 16.2. The van der Waals surface area contributed by atoms with Crippen molar-refractivity contribution in [3.63, 3.8) is 0 Å². The van der Waals surface area contributed by atoms with E-state index in [9.17, 15) is 5.11 Å². The van der Waals surface area contributed by atoms with Gasteiger partial charge in [0.15, 0.2) is 11.5 Å². The molecule has 4 rings (SSSR count). The summed E-state index contributed by atoms with van der Waals surface area (Å²) < 4.78 is 13.1. The minimum Gasteiger partial charge on any atom is -0.504 e. The molecule has 1 atom stereocenters. The Morgan fingerprint density at radius 3 is 3.16 bits per heavy atom. The van der Waals surface area contributed by atoms with Crippen LogP contribution in [0.5, 0.6) is 11.5 Å². The number of hydrogen-bond acceptors (Lipinski definition) is 6. The first-order valence-electron chi connectivity index (χ1n) is 8.79. The number of rotatable bonds is 5. The molecule has 25 heavy (non-hydrogen) atoms. The van der Waals surface area contributed by atoms with Crippen LogP contribution in [0.1, 0.15) is 18.7 Å². The van der Waals surface area contributed by atoms with Crippen LogP contribution in [0.4, 0.5) is 5.82 Å². The zero-order chi connectivity index (χ0) is 17.2. The van der Waals surface area contributed by atoms with Crippen LogP contribution in [0, 0.1) is 0 Å². The topological polar surface area (TPSA) is 80.6 Å². The standard InChI is InChI=1S/C18H24N4O3/c1-24-15-5-4-12(9-14(15)23)17-18(20-10-13-3-2-8-25-13)22-7-6-19-11-16(22)21-17/h4-5,9,13,19-20,23H,2-3,6-8,10-11H2,1H3/t13-/m1/s1. The summed E-state index contributed by atoms with van der Waals surface area (Å²) in [6.45, 7) is 4.16. The van der Waals surface area contributed by atoms with Gasteiger partial charge in [0.25, 0.3) is 0 Å². The molecule has 1 aromatic carbocycles. The van der Waals surface area contributed by atoms with Gasteiger partial charge in [-0.25, -0.2) is 4.98 Å². The lowest BCUT2D eigenvalue weighted by atomic mass is 10.1. The first-order chi connectivity index (χ1) is 12.3. The lowest BCUT2D eigenvalue weighted by Gasteiger charge is -2.19. The van der Waals surface area contributed by atoms with Gasteiger partial charge in [0.05, 0.1) is 19.8 Å². The highest BCUT2D eigenvalue weighted by molar-refractivity contribution is 5.75. The van der Waals surface area contributed by atoms with Crippen LogP contribution in [0.25, 0.3) is 11.3 Å². The molecule has 1 aromatic heterocycles. The average molecular weight is 344 g/mol. The number of anilines is 1. The Kier molecular flexibility index (Phi) is 4.50. The summed E-state index contributed by atoms with van der Waals surface area (Å²) in [5.74, 6) is 2.58. The van der Waals surface area contributed by atoms with E-state index in [1.54, 1.807) is 19.2 Å². The number of nitrogens with zero attached hydrogens (tertiary/aromatic N) is 2. The van der Waals surface area contributed by atoms with Crippen LogP contribution in [0.15, 0.2) is 18.2 Å². The lowest BCUT2D eigenvalue weighted by molar-refractivity contribution is 0.120. The van der Waals surface area contributed by atoms with Crippen molar-refractivity contribution < 1.29 is 14.6 Å². The quantitative estimate of drug-likeness (QED) is 0.769. The van der Waals surface area contributed by atoms with E-state index >= 15 is 0 Å². The van der Waals surface area contributed by atoms with E-state index in [1.165, 1.54) is 0 Å². The lowest BCUT2D eigenvalue weighted by Crippen LogP contribution is -2.29. The number of fused-ring (bicyclic) bond motifs is 1. The Morgan fingerprint density at radius 2 is 2.40 bits per heavy atom. The molecule has 2 aliphatic rings. The smallest absolute Gasteiger partial charge is 0.160 e. The monoisotopic (exact) mass is 344 g/mol. The Morgan fingerprint density at radius 1 is 1.48 bits per heavy atom. The number of ether oxygens (including phenoxy) is 2. The number of hydrogen-bond donors (Lipinski definition) is 3.